The molecule has 0 bridgehead atoms. The van der Waals surface area contributed by atoms with Crippen LogP contribution in [0, 0.1) is 11.7 Å². The number of nitrogens with zero attached hydrogens (tertiary/aromatic N) is 4. The van der Waals surface area contributed by atoms with Crippen LogP contribution >= 0.6 is 0 Å². The largest absolute Gasteiger partial charge is 0.446 e. The minimum Gasteiger partial charge on any atom is -0.446 e. The van der Waals surface area contributed by atoms with E-state index in [1.807, 2.05) is 30.3 Å². The van der Waals surface area contributed by atoms with Crippen LogP contribution in [0.25, 0.3) is 10.4 Å². The van der Waals surface area contributed by atoms with Gasteiger partial charge in [-0.05, 0) is 60.4 Å². The van der Waals surface area contributed by atoms with E-state index < -0.39 is 35.8 Å². The lowest BCUT2D eigenvalue weighted by atomic mass is 9.72. The average molecular weight is 467 g/mol. The summed E-state index contributed by atoms with van der Waals surface area (Å²) in [5.41, 5.74) is 10.8. The summed E-state index contributed by atoms with van der Waals surface area (Å²) in [5.74, 6) is -1.54. The van der Waals surface area contributed by atoms with Crippen molar-refractivity contribution in [2.45, 2.75) is 49.8 Å². The van der Waals surface area contributed by atoms with Gasteiger partial charge in [-0.2, -0.15) is 0 Å². The van der Waals surface area contributed by atoms with Crippen LogP contribution < -0.4 is 0 Å². The number of ether oxygens (including phenoxy) is 2. The van der Waals surface area contributed by atoms with Gasteiger partial charge < -0.3 is 9.47 Å². The second-order valence-corrected chi connectivity index (χ2v) is 8.71. The Morgan fingerprint density at radius 2 is 1.82 bits per heavy atom. The number of amides is 2. The average Bonchev–Trinajstić information content (AvgIpc) is 3.26. The molecule has 2 aromatic rings. The lowest BCUT2D eigenvalue weighted by Gasteiger charge is -2.37. The molecule has 1 aliphatic carbocycles. The number of cyclic esters (lactones) is 1. The summed E-state index contributed by atoms with van der Waals surface area (Å²) in [6, 6.07) is 13.2. The van der Waals surface area contributed by atoms with Gasteiger partial charge in [0.15, 0.2) is 0 Å². The summed E-state index contributed by atoms with van der Waals surface area (Å²) >= 11 is 0. The van der Waals surface area contributed by atoms with Crippen LogP contribution in [0.1, 0.15) is 48.8 Å². The van der Waals surface area contributed by atoms with Crippen molar-refractivity contribution < 1.29 is 23.5 Å². The Hall–Kier alpha value is -3.42. The fraction of sp³-hybridized carbons (Fsp3) is 0.440. The molecule has 2 fully saturated rings. The molecular formula is C25H27FN4O4. The summed E-state index contributed by atoms with van der Waals surface area (Å²) in [7, 11) is 1.68. The van der Waals surface area contributed by atoms with Crippen molar-refractivity contribution in [3.63, 3.8) is 0 Å². The standard InChI is InChI=1S/C25H27FN4O4/c1-33-20-13-9-18(10-14-20)22(17-7-11-19(26)12-8-17)23(28-29-27)24(31)30-21(15-34-25(30)32)16-5-3-2-4-6-16/h2-8,11-12,18,20-23H,9-10,13-15H2,1H3/t18-,20-,21-,22+,23+/m1/s1. The predicted molar refractivity (Wildman–Crippen MR) is 122 cm³/mol. The quantitative estimate of drug-likeness (QED) is 0.305. The monoisotopic (exact) mass is 466 g/mol. The fourth-order valence-electron chi connectivity index (χ4n) is 5.14. The third-order valence-corrected chi connectivity index (χ3v) is 6.88. The van der Waals surface area contributed by atoms with Crippen LogP contribution in [0.3, 0.4) is 0 Å². The topological polar surface area (TPSA) is 105 Å². The first-order valence-corrected chi connectivity index (χ1v) is 11.4. The number of carbonyl (C=O) groups excluding carboxylic acids is 2. The van der Waals surface area contributed by atoms with Crippen LogP contribution in [-0.4, -0.2) is 42.8 Å². The Kier molecular flexibility index (Phi) is 7.45. The van der Waals surface area contributed by atoms with Gasteiger partial charge in [-0.1, -0.05) is 47.6 Å². The summed E-state index contributed by atoms with van der Waals surface area (Å²) in [4.78, 5) is 30.5. The minimum absolute atomic E-state index is 0.00916. The third-order valence-electron chi connectivity index (χ3n) is 6.88. The number of rotatable bonds is 7. The molecule has 2 aliphatic rings. The van der Waals surface area contributed by atoms with Crippen LogP contribution in [0.15, 0.2) is 59.7 Å². The van der Waals surface area contributed by atoms with Crippen molar-refractivity contribution in [2.75, 3.05) is 13.7 Å². The molecule has 2 aromatic carbocycles. The van der Waals surface area contributed by atoms with E-state index in [0.29, 0.717) is 5.56 Å². The van der Waals surface area contributed by atoms with Crippen molar-refractivity contribution in [1.82, 2.24) is 4.90 Å². The molecule has 8 nitrogen and oxygen atoms in total. The number of hydrogen-bond acceptors (Lipinski definition) is 5. The maximum absolute atomic E-state index is 13.8. The molecule has 1 heterocycles. The molecule has 0 spiro atoms. The maximum Gasteiger partial charge on any atom is 0.417 e. The zero-order chi connectivity index (χ0) is 24.1. The molecule has 0 radical (unpaired) electrons. The first-order chi connectivity index (χ1) is 16.5. The SMILES string of the molecule is CO[C@H]1CC[C@H]([C@H](c2ccc(F)cc2)[C@H](N=[N+]=[N-])C(=O)N2C(=O)OC[C@@H]2c2ccccc2)CC1. The van der Waals surface area contributed by atoms with Gasteiger partial charge in [0.1, 0.15) is 24.5 Å². The van der Waals surface area contributed by atoms with Gasteiger partial charge in [-0.25, -0.2) is 14.1 Å². The molecular weight excluding hydrogens is 439 g/mol. The number of hydrogen-bond donors (Lipinski definition) is 0. The number of halogens is 1. The van der Waals surface area contributed by atoms with Gasteiger partial charge in [0.25, 0.3) is 0 Å². The molecule has 0 aromatic heterocycles. The first kappa shape index (κ1) is 23.7. The van der Waals surface area contributed by atoms with Gasteiger partial charge in [-0.3, -0.25) is 4.79 Å². The highest BCUT2D eigenvalue weighted by Gasteiger charge is 2.45. The molecule has 1 saturated heterocycles. The second kappa shape index (κ2) is 10.7. The van der Waals surface area contributed by atoms with E-state index >= 15 is 0 Å². The Balaban J connectivity index is 1.71. The van der Waals surface area contributed by atoms with Crippen LogP contribution in [0.5, 0.6) is 0 Å². The molecule has 1 saturated carbocycles. The van der Waals surface area contributed by atoms with E-state index in [9.17, 15) is 19.5 Å². The van der Waals surface area contributed by atoms with Gasteiger partial charge in [0, 0.05) is 17.9 Å². The van der Waals surface area contributed by atoms with E-state index in [1.54, 1.807) is 19.2 Å². The first-order valence-electron chi connectivity index (χ1n) is 11.4. The van der Waals surface area contributed by atoms with E-state index in [-0.39, 0.29) is 18.6 Å². The number of azide groups is 1. The van der Waals surface area contributed by atoms with Crippen molar-refractivity contribution >= 4 is 12.0 Å². The second-order valence-electron chi connectivity index (χ2n) is 8.71. The van der Waals surface area contributed by atoms with Gasteiger partial charge in [0.05, 0.1) is 6.10 Å². The van der Waals surface area contributed by atoms with Crippen LogP contribution in [0.4, 0.5) is 9.18 Å². The molecule has 178 valence electrons. The normalized spacial score (nSPS) is 24.1. The van der Waals surface area contributed by atoms with Gasteiger partial charge in [0.2, 0.25) is 5.91 Å². The third kappa shape index (κ3) is 4.90. The molecule has 3 atom stereocenters. The molecule has 0 unspecified atom stereocenters. The summed E-state index contributed by atoms with van der Waals surface area (Å²) in [6.07, 6.45) is 2.46. The number of benzene rings is 2. The van der Waals surface area contributed by atoms with Crippen molar-refractivity contribution in [1.29, 1.82) is 0 Å². The number of methoxy groups -OCH3 is 1. The predicted octanol–water partition coefficient (Wildman–Crippen LogP) is 5.51. The molecule has 0 N–H and O–H groups in total. The highest BCUT2D eigenvalue weighted by molar-refractivity contribution is 5.97. The number of imide groups is 1. The van der Waals surface area contributed by atoms with Crippen LogP contribution in [0.2, 0.25) is 0 Å². The molecule has 9 heteroatoms. The lowest BCUT2D eigenvalue weighted by molar-refractivity contribution is -0.131. The Morgan fingerprint density at radius 3 is 2.44 bits per heavy atom. The molecule has 1 aliphatic heterocycles. The van der Waals surface area contributed by atoms with Gasteiger partial charge >= 0.3 is 6.09 Å². The Morgan fingerprint density at radius 1 is 1.15 bits per heavy atom. The van der Waals surface area contributed by atoms with E-state index in [4.69, 9.17) is 9.47 Å². The Labute approximate surface area is 197 Å². The van der Waals surface area contributed by atoms with Gasteiger partial charge in [-0.15, -0.1) is 0 Å². The molecule has 34 heavy (non-hydrogen) atoms. The summed E-state index contributed by atoms with van der Waals surface area (Å²) < 4.78 is 24.4. The molecule has 4 rings (SSSR count). The zero-order valence-corrected chi connectivity index (χ0v) is 18.9. The van der Waals surface area contributed by atoms with Crippen molar-refractivity contribution in [2.24, 2.45) is 11.0 Å². The van der Waals surface area contributed by atoms with E-state index in [2.05, 4.69) is 10.0 Å². The van der Waals surface area contributed by atoms with E-state index in [0.717, 1.165) is 36.1 Å². The van der Waals surface area contributed by atoms with E-state index in [1.165, 1.54) is 12.1 Å². The zero-order valence-electron chi connectivity index (χ0n) is 18.9. The minimum atomic E-state index is -1.18. The highest BCUT2D eigenvalue weighted by Crippen LogP contribution is 2.42. The summed E-state index contributed by atoms with van der Waals surface area (Å²) in [5, 5.41) is 3.90. The Bertz CT molecular complexity index is 1050. The van der Waals surface area contributed by atoms with Crippen molar-refractivity contribution in [3.8, 4) is 0 Å². The highest BCUT2D eigenvalue weighted by atomic mass is 19.1. The summed E-state index contributed by atoms with van der Waals surface area (Å²) in [6.45, 7) is 0.0255. The smallest absolute Gasteiger partial charge is 0.417 e. The fourth-order valence-corrected chi connectivity index (χ4v) is 5.14. The lowest BCUT2D eigenvalue weighted by Crippen LogP contribution is -2.45. The van der Waals surface area contributed by atoms with Crippen LogP contribution in [-0.2, 0) is 14.3 Å². The number of carbonyl (C=O) groups is 2. The van der Waals surface area contributed by atoms with Crippen molar-refractivity contribution in [3.05, 3.63) is 82.0 Å². The molecule has 2 amide bonds. The maximum atomic E-state index is 13.8.